The van der Waals surface area contributed by atoms with E-state index >= 15 is 0 Å². The Bertz CT molecular complexity index is 230. The fourth-order valence-electron chi connectivity index (χ4n) is 1.21. The highest BCUT2D eigenvalue weighted by Crippen LogP contribution is 2.19. The summed E-state index contributed by atoms with van der Waals surface area (Å²) in [7, 11) is 0. The quantitative estimate of drug-likeness (QED) is 0.603. The van der Waals surface area contributed by atoms with Gasteiger partial charge in [-0.2, -0.15) is 0 Å². The molecule has 11 heavy (non-hydrogen) atoms. The van der Waals surface area contributed by atoms with Crippen molar-refractivity contribution in [1.82, 2.24) is 9.55 Å². The molecular weight excluding hydrogens is 136 g/mol. The molecule has 0 aromatic carbocycles. The number of aromatic nitrogens is 2. The van der Waals surface area contributed by atoms with E-state index in [-0.39, 0.29) is 5.41 Å². The molecule has 0 saturated heterocycles. The van der Waals surface area contributed by atoms with Crippen LogP contribution >= 0.6 is 0 Å². The van der Waals surface area contributed by atoms with Crippen LogP contribution in [0.3, 0.4) is 0 Å². The first kappa shape index (κ1) is 8.31. The molecule has 62 valence electrons. The van der Waals surface area contributed by atoms with Gasteiger partial charge in [0.2, 0.25) is 0 Å². The predicted octanol–water partition coefficient (Wildman–Crippen LogP) is 2.20. The zero-order valence-corrected chi connectivity index (χ0v) is 7.76. The second-order valence-electron chi connectivity index (χ2n) is 3.79. The van der Waals surface area contributed by atoms with Crippen molar-refractivity contribution >= 4 is 0 Å². The van der Waals surface area contributed by atoms with Crippen LogP contribution in [0.2, 0.25) is 0 Å². The second kappa shape index (κ2) is 2.68. The molecule has 0 N–H and O–H groups in total. The number of imidazole rings is 1. The smallest absolute Gasteiger partial charge is 0.114 e. The van der Waals surface area contributed by atoms with Crippen LogP contribution < -0.4 is 0 Å². The third-order valence-electron chi connectivity index (χ3n) is 1.73. The van der Waals surface area contributed by atoms with Crippen LogP contribution in [0.15, 0.2) is 12.4 Å². The molecule has 2 nitrogen and oxygen atoms in total. The van der Waals surface area contributed by atoms with Crippen molar-refractivity contribution in [2.75, 3.05) is 0 Å². The maximum Gasteiger partial charge on any atom is 0.114 e. The SMILES string of the molecule is CCn1ccnc1C(C)(C)C. The van der Waals surface area contributed by atoms with E-state index in [1.54, 1.807) is 0 Å². The molecule has 0 fully saturated rings. The zero-order valence-electron chi connectivity index (χ0n) is 7.76. The Morgan fingerprint density at radius 3 is 2.45 bits per heavy atom. The van der Waals surface area contributed by atoms with Crippen molar-refractivity contribution in [2.45, 2.75) is 39.7 Å². The Labute approximate surface area is 68.3 Å². The molecule has 0 amide bonds. The lowest BCUT2D eigenvalue weighted by Gasteiger charge is -2.18. The van der Waals surface area contributed by atoms with Crippen molar-refractivity contribution in [3.05, 3.63) is 18.2 Å². The zero-order chi connectivity index (χ0) is 8.48. The molecule has 1 aromatic rings. The maximum atomic E-state index is 4.32. The average Bonchev–Trinajstić information content (AvgIpc) is 2.31. The van der Waals surface area contributed by atoms with Gasteiger partial charge in [-0.25, -0.2) is 4.98 Å². The van der Waals surface area contributed by atoms with Crippen LogP contribution in [-0.4, -0.2) is 9.55 Å². The lowest BCUT2D eigenvalue weighted by Crippen LogP contribution is -2.18. The van der Waals surface area contributed by atoms with Gasteiger partial charge < -0.3 is 4.57 Å². The molecule has 1 heterocycles. The summed E-state index contributed by atoms with van der Waals surface area (Å²) >= 11 is 0. The molecular formula is C9H16N2. The molecule has 0 saturated carbocycles. The largest absolute Gasteiger partial charge is 0.335 e. The van der Waals surface area contributed by atoms with Crippen LogP contribution in [0.5, 0.6) is 0 Å². The minimum absolute atomic E-state index is 0.166. The Kier molecular flexibility index (Phi) is 2.03. The Morgan fingerprint density at radius 2 is 2.09 bits per heavy atom. The Balaban J connectivity index is 3.02. The van der Waals surface area contributed by atoms with Gasteiger partial charge in [0.05, 0.1) is 0 Å². The highest BCUT2D eigenvalue weighted by molar-refractivity contribution is 5.04. The van der Waals surface area contributed by atoms with Crippen LogP contribution in [0.1, 0.15) is 33.5 Å². The summed E-state index contributed by atoms with van der Waals surface area (Å²) in [6.45, 7) is 9.69. The van der Waals surface area contributed by atoms with Crippen molar-refractivity contribution < 1.29 is 0 Å². The summed E-state index contributed by atoms with van der Waals surface area (Å²) in [6, 6.07) is 0. The first-order valence-electron chi connectivity index (χ1n) is 4.07. The Morgan fingerprint density at radius 1 is 1.45 bits per heavy atom. The van der Waals surface area contributed by atoms with Gasteiger partial charge >= 0.3 is 0 Å². The molecule has 0 radical (unpaired) electrons. The van der Waals surface area contributed by atoms with Crippen molar-refractivity contribution in [2.24, 2.45) is 0 Å². The summed E-state index contributed by atoms with van der Waals surface area (Å²) < 4.78 is 2.18. The molecule has 0 aliphatic heterocycles. The Hall–Kier alpha value is -0.790. The van der Waals surface area contributed by atoms with Gasteiger partial charge in [0, 0.05) is 24.4 Å². The summed E-state index contributed by atoms with van der Waals surface area (Å²) in [6.07, 6.45) is 3.89. The van der Waals surface area contributed by atoms with Gasteiger partial charge in [0.1, 0.15) is 5.82 Å². The van der Waals surface area contributed by atoms with Gasteiger partial charge in [-0.05, 0) is 6.92 Å². The standard InChI is InChI=1S/C9H16N2/c1-5-11-7-6-10-8(11)9(2,3)4/h6-7H,5H2,1-4H3. The fraction of sp³-hybridized carbons (Fsp3) is 0.667. The molecule has 0 aliphatic carbocycles. The van der Waals surface area contributed by atoms with Gasteiger partial charge in [-0.3, -0.25) is 0 Å². The summed E-state index contributed by atoms with van der Waals surface area (Å²) in [5.41, 5.74) is 0.166. The van der Waals surface area contributed by atoms with Gasteiger partial charge in [0.25, 0.3) is 0 Å². The van der Waals surface area contributed by atoms with Crippen molar-refractivity contribution in [3.8, 4) is 0 Å². The summed E-state index contributed by atoms with van der Waals surface area (Å²) in [5, 5.41) is 0. The summed E-state index contributed by atoms with van der Waals surface area (Å²) in [5.74, 6) is 1.17. The first-order valence-corrected chi connectivity index (χ1v) is 4.07. The van der Waals surface area contributed by atoms with E-state index in [2.05, 4.69) is 37.2 Å². The van der Waals surface area contributed by atoms with E-state index in [1.165, 1.54) is 5.82 Å². The predicted molar refractivity (Wildman–Crippen MR) is 46.6 cm³/mol. The van der Waals surface area contributed by atoms with Gasteiger partial charge in [-0.15, -0.1) is 0 Å². The third-order valence-corrected chi connectivity index (χ3v) is 1.73. The molecule has 1 aromatic heterocycles. The van der Waals surface area contributed by atoms with E-state index < -0.39 is 0 Å². The fourth-order valence-corrected chi connectivity index (χ4v) is 1.21. The lowest BCUT2D eigenvalue weighted by atomic mass is 9.96. The van der Waals surface area contributed by atoms with Crippen molar-refractivity contribution in [3.63, 3.8) is 0 Å². The van der Waals surface area contributed by atoms with Crippen LogP contribution in [0.4, 0.5) is 0 Å². The van der Waals surface area contributed by atoms with Crippen molar-refractivity contribution in [1.29, 1.82) is 0 Å². The van der Waals surface area contributed by atoms with Crippen LogP contribution in [0.25, 0.3) is 0 Å². The van der Waals surface area contributed by atoms with E-state index in [4.69, 9.17) is 0 Å². The topological polar surface area (TPSA) is 17.8 Å². The van der Waals surface area contributed by atoms with E-state index in [0.29, 0.717) is 0 Å². The number of hydrogen-bond acceptors (Lipinski definition) is 1. The number of aryl methyl sites for hydroxylation is 1. The lowest BCUT2D eigenvalue weighted by molar-refractivity contribution is 0.506. The molecule has 0 atom stereocenters. The van der Waals surface area contributed by atoms with Gasteiger partial charge in [0.15, 0.2) is 0 Å². The van der Waals surface area contributed by atoms with E-state index in [1.807, 2.05) is 12.4 Å². The third kappa shape index (κ3) is 1.62. The number of nitrogens with zero attached hydrogens (tertiary/aromatic N) is 2. The molecule has 0 bridgehead atoms. The van der Waals surface area contributed by atoms with Gasteiger partial charge in [-0.1, -0.05) is 20.8 Å². The molecule has 0 unspecified atom stereocenters. The van der Waals surface area contributed by atoms with Crippen LogP contribution in [-0.2, 0) is 12.0 Å². The first-order chi connectivity index (χ1) is 5.05. The molecule has 0 spiro atoms. The minimum atomic E-state index is 0.166. The minimum Gasteiger partial charge on any atom is -0.335 e. The van der Waals surface area contributed by atoms with Crippen LogP contribution in [0, 0.1) is 0 Å². The van der Waals surface area contributed by atoms with E-state index in [0.717, 1.165) is 6.54 Å². The molecule has 1 rings (SSSR count). The average molecular weight is 152 g/mol. The highest BCUT2D eigenvalue weighted by atomic mass is 15.1. The monoisotopic (exact) mass is 152 g/mol. The van der Waals surface area contributed by atoms with E-state index in [9.17, 15) is 0 Å². The molecule has 0 aliphatic rings. The second-order valence-corrected chi connectivity index (χ2v) is 3.79. The molecule has 2 heteroatoms. The summed E-state index contributed by atoms with van der Waals surface area (Å²) in [4.78, 5) is 4.32. The maximum absolute atomic E-state index is 4.32. The number of rotatable bonds is 1. The normalized spacial score (nSPS) is 12.0. The number of hydrogen-bond donors (Lipinski definition) is 0. The highest BCUT2D eigenvalue weighted by Gasteiger charge is 2.18.